The van der Waals surface area contributed by atoms with E-state index >= 15 is 0 Å². The van der Waals surface area contributed by atoms with Gasteiger partial charge >= 0.3 is 0 Å². The van der Waals surface area contributed by atoms with Crippen molar-refractivity contribution >= 4 is 17.7 Å². The average molecular weight is 402 g/mol. The third kappa shape index (κ3) is 5.53. The molecule has 0 bridgehead atoms. The van der Waals surface area contributed by atoms with Crippen LogP contribution in [0.25, 0.3) is 0 Å². The first-order chi connectivity index (χ1) is 13.7. The van der Waals surface area contributed by atoms with Crippen LogP contribution in [-0.2, 0) is 17.8 Å². The number of nitrogens with zero attached hydrogens (tertiary/aromatic N) is 3. The van der Waals surface area contributed by atoms with Gasteiger partial charge in [0.1, 0.15) is 23.1 Å². The molecule has 0 saturated heterocycles. The molecule has 0 radical (unpaired) electrons. The van der Waals surface area contributed by atoms with E-state index in [1.54, 1.807) is 13.4 Å². The average Bonchev–Trinajstić information content (AvgIpc) is 3.35. The molecular formula is C19H22N4O4S. The molecule has 2 N–H and O–H groups in total. The molecule has 0 unspecified atom stereocenters. The smallest absolute Gasteiger partial charge is 0.217 e. The fourth-order valence-electron chi connectivity index (χ4n) is 2.53. The molecule has 0 aliphatic carbocycles. The van der Waals surface area contributed by atoms with Gasteiger partial charge in [-0.2, -0.15) is 0 Å². The molecule has 3 rings (SSSR count). The topological polar surface area (TPSA) is 105 Å². The summed E-state index contributed by atoms with van der Waals surface area (Å²) in [5.74, 6) is 3.38. The van der Waals surface area contributed by atoms with Crippen LogP contribution >= 0.6 is 11.8 Å². The molecule has 1 amide bonds. The highest BCUT2D eigenvalue weighted by Crippen LogP contribution is 2.21. The lowest BCUT2D eigenvalue weighted by molar-refractivity contribution is -0.118. The maximum Gasteiger partial charge on any atom is 0.217 e. The number of carbonyl (C=O) groups excluding carboxylic acids is 1. The van der Waals surface area contributed by atoms with Crippen LogP contribution in [0.15, 0.2) is 52.2 Å². The van der Waals surface area contributed by atoms with Gasteiger partial charge in [0.05, 0.1) is 26.5 Å². The van der Waals surface area contributed by atoms with Gasteiger partial charge in [-0.15, -0.1) is 10.2 Å². The van der Waals surface area contributed by atoms with E-state index in [2.05, 4.69) is 10.2 Å². The van der Waals surface area contributed by atoms with E-state index < -0.39 is 0 Å². The summed E-state index contributed by atoms with van der Waals surface area (Å²) in [6.45, 7) is 1.01. The minimum Gasteiger partial charge on any atom is -0.497 e. The number of amides is 1. The number of benzene rings is 1. The normalized spacial score (nSPS) is 10.8. The number of hydrogen-bond acceptors (Lipinski definition) is 7. The molecule has 8 nitrogen and oxygen atoms in total. The van der Waals surface area contributed by atoms with Gasteiger partial charge in [0.2, 0.25) is 5.91 Å². The molecule has 148 valence electrons. The molecule has 9 heteroatoms. The van der Waals surface area contributed by atoms with Crippen molar-refractivity contribution in [1.29, 1.82) is 0 Å². The van der Waals surface area contributed by atoms with Crippen LogP contribution in [0.5, 0.6) is 11.5 Å². The van der Waals surface area contributed by atoms with Crippen molar-refractivity contribution in [1.82, 2.24) is 14.8 Å². The summed E-state index contributed by atoms with van der Waals surface area (Å²) < 4.78 is 18.3. The van der Waals surface area contributed by atoms with Crippen molar-refractivity contribution < 1.29 is 18.7 Å². The Labute approximate surface area is 167 Å². The van der Waals surface area contributed by atoms with Crippen LogP contribution in [0.1, 0.15) is 18.0 Å². The van der Waals surface area contributed by atoms with Gasteiger partial charge in [-0.05, 0) is 36.4 Å². The van der Waals surface area contributed by atoms with Gasteiger partial charge in [-0.1, -0.05) is 11.8 Å². The largest absolute Gasteiger partial charge is 0.497 e. The van der Waals surface area contributed by atoms with Crippen molar-refractivity contribution in [2.75, 3.05) is 19.5 Å². The third-order valence-electron chi connectivity index (χ3n) is 3.93. The van der Waals surface area contributed by atoms with Crippen LogP contribution in [0.2, 0.25) is 0 Å². The van der Waals surface area contributed by atoms with Crippen molar-refractivity contribution in [2.45, 2.75) is 24.5 Å². The molecule has 0 spiro atoms. The summed E-state index contributed by atoms with van der Waals surface area (Å²) in [6, 6.07) is 11.2. The highest BCUT2D eigenvalue weighted by Gasteiger charge is 2.15. The molecule has 0 atom stereocenters. The molecule has 0 aliphatic heterocycles. The maximum atomic E-state index is 11.1. The van der Waals surface area contributed by atoms with E-state index in [0.717, 1.165) is 22.4 Å². The van der Waals surface area contributed by atoms with Crippen LogP contribution < -0.4 is 15.2 Å². The molecule has 0 saturated carbocycles. The lowest BCUT2D eigenvalue weighted by Gasteiger charge is -2.09. The Morgan fingerprint density at radius 1 is 1.21 bits per heavy atom. The molecule has 3 aromatic rings. The van der Waals surface area contributed by atoms with Gasteiger partial charge < -0.3 is 19.6 Å². The summed E-state index contributed by atoms with van der Waals surface area (Å²) in [7, 11) is 1.63. The number of rotatable bonds is 11. The minimum absolute atomic E-state index is 0.224. The number of ether oxygens (including phenoxy) is 2. The van der Waals surface area contributed by atoms with E-state index in [9.17, 15) is 4.79 Å². The van der Waals surface area contributed by atoms with Crippen LogP contribution in [0.4, 0.5) is 0 Å². The number of thioether (sulfide) groups is 1. The van der Waals surface area contributed by atoms with Gasteiger partial charge in [0.25, 0.3) is 0 Å². The Hall–Kier alpha value is -2.94. The summed E-state index contributed by atoms with van der Waals surface area (Å²) >= 11 is 1.53. The SMILES string of the molecule is COc1ccc(OCCSc2nnc(CCC(N)=O)n2Cc2ccco2)cc1. The number of aryl methyl sites for hydroxylation is 1. The number of furan rings is 1. The van der Waals surface area contributed by atoms with Crippen molar-refractivity contribution in [3.63, 3.8) is 0 Å². The molecule has 2 heterocycles. The molecule has 0 fully saturated rings. The zero-order chi connectivity index (χ0) is 19.8. The first-order valence-electron chi connectivity index (χ1n) is 8.78. The van der Waals surface area contributed by atoms with E-state index in [1.165, 1.54) is 11.8 Å². The molecule has 1 aromatic carbocycles. The zero-order valence-corrected chi connectivity index (χ0v) is 16.4. The van der Waals surface area contributed by atoms with Crippen LogP contribution in [-0.4, -0.2) is 40.1 Å². The fourth-order valence-corrected chi connectivity index (χ4v) is 3.30. The zero-order valence-electron chi connectivity index (χ0n) is 15.5. The van der Waals surface area contributed by atoms with E-state index in [4.69, 9.17) is 19.6 Å². The molecule has 2 aromatic heterocycles. The Morgan fingerprint density at radius 2 is 2.00 bits per heavy atom. The fraction of sp³-hybridized carbons (Fsp3) is 0.316. The highest BCUT2D eigenvalue weighted by molar-refractivity contribution is 7.99. The monoisotopic (exact) mass is 402 g/mol. The second-order valence-electron chi connectivity index (χ2n) is 5.90. The number of methoxy groups -OCH3 is 1. The second kappa shape index (κ2) is 9.84. The Bertz CT molecular complexity index is 878. The predicted molar refractivity (Wildman–Crippen MR) is 105 cm³/mol. The Morgan fingerprint density at radius 3 is 2.68 bits per heavy atom. The van der Waals surface area contributed by atoms with Crippen LogP contribution in [0.3, 0.4) is 0 Å². The number of nitrogens with two attached hydrogens (primary N) is 1. The molecule has 0 aliphatic rings. The quantitative estimate of drug-likeness (QED) is 0.388. The number of carbonyl (C=O) groups is 1. The summed E-state index contributed by atoms with van der Waals surface area (Å²) in [4.78, 5) is 11.1. The standard InChI is InChI=1S/C19H22N4O4S/c1-25-14-4-6-15(7-5-14)27-11-12-28-19-22-21-18(9-8-17(20)24)23(19)13-16-3-2-10-26-16/h2-7,10H,8-9,11-13H2,1H3,(H2,20,24). The van der Waals surface area contributed by atoms with Crippen LogP contribution in [0, 0.1) is 0 Å². The first kappa shape index (κ1) is 19.8. The predicted octanol–water partition coefficient (Wildman–Crippen LogP) is 2.52. The van der Waals surface area contributed by atoms with Gasteiger partial charge in [-0.3, -0.25) is 9.36 Å². The summed E-state index contributed by atoms with van der Waals surface area (Å²) in [5.41, 5.74) is 5.26. The van der Waals surface area contributed by atoms with E-state index in [1.807, 2.05) is 41.0 Å². The summed E-state index contributed by atoms with van der Waals surface area (Å²) in [6.07, 6.45) is 2.28. The Balaban J connectivity index is 1.59. The van der Waals surface area contributed by atoms with Gasteiger partial charge in [0.15, 0.2) is 5.16 Å². The van der Waals surface area contributed by atoms with E-state index in [-0.39, 0.29) is 12.3 Å². The highest BCUT2D eigenvalue weighted by atomic mass is 32.2. The van der Waals surface area contributed by atoms with Gasteiger partial charge in [0, 0.05) is 18.6 Å². The summed E-state index contributed by atoms with van der Waals surface area (Å²) in [5, 5.41) is 9.21. The number of primary amides is 1. The lowest BCUT2D eigenvalue weighted by Crippen LogP contribution is -2.14. The van der Waals surface area contributed by atoms with Gasteiger partial charge in [-0.25, -0.2) is 0 Å². The maximum absolute atomic E-state index is 11.1. The minimum atomic E-state index is -0.366. The van der Waals surface area contributed by atoms with Crippen molar-refractivity contribution in [3.8, 4) is 11.5 Å². The number of hydrogen-bond donors (Lipinski definition) is 1. The lowest BCUT2D eigenvalue weighted by atomic mass is 10.3. The molecular weight excluding hydrogens is 380 g/mol. The first-order valence-corrected chi connectivity index (χ1v) is 9.76. The second-order valence-corrected chi connectivity index (χ2v) is 6.97. The third-order valence-corrected chi connectivity index (χ3v) is 4.86. The van der Waals surface area contributed by atoms with Crippen molar-refractivity contribution in [2.24, 2.45) is 5.73 Å². The molecule has 28 heavy (non-hydrogen) atoms. The Kier molecular flexibility index (Phi) is 6.96. The number of aromatic nitrogens is 3. The van der Waals surface area contributed by atoms with Crippen molar-refractivity contribution in [3.05, 3.63) is 54.2 Å². The van der Waals surface area contributed by atoms with E-state index in [0.29, 0.717) is 31.1 Å².